The maximum Gasteiger partial charge on any atom is 0.421 e. The van der Waals surface area contributed by atoms with Crippen molar-refractivity contribution in [1.82, 2.24) is 0 Å². The van der Waals surface area contributed by atoms with Crippen molar-refractivity contribution in [1.29, 1.82) is 0 Å². The molecule has 0 spiro atoms. The largest absolute Gasteiger partial charge is 0.421 e. The molecule has 1 aromatic rings. The van der Waals surface area contributed by atoms with E-state index in [1.165, 1.54) is 24.3 Å². The van der Waals surface area contributed by atoms with Crippen molar-refractivity contribution in [2.45, 2.75) is 38.0 Å². The number of alkyl halides is 3. The van der Waals surface area contributed by atoms with Crippen LogP contribution in [0.5, 0.6) is 0 Å². The van der Waals surface area contributed by atoms with E-state index in [4.69, 9.17) is 5.73 Å². The fourth-order valence-electron chi connectivity index (χ4n) is 1.64. The van der Waals surface area contributed by atoms with E-state index >= 15 is 0 Å². The number of unbranched alkanes of at least 4 members (excludes halogenated alkanes) is 1. The number of nitrogen functional groups attached to an aromatic ring is 1. The zero-order valence-electron chi connectivity index (χ0n) is 9.59. The summed E-state index contributed by atoms with van der Waals surface area (Å²) in [6.45, 7) is 1.78. The Hall–Kier alpha value is -1.23. The first-order valence-corrected chi connectivity index (χ1v) is 5.46. The highest BCUT2D eigenvalue weighted by Gasteiger charge is 2.54. The maximum absolute atomic E-state index is 12.9. The zero-order chi connectivity index (χ0) is 13.1. The number of nitrogens with two attached hydrogens (primary N) is 1. The van der Waals surface area contributed by atoms with Crippen LogP contribution in [0.4, 0.5) is 18.9 Å². The van der Waals surface area contributed by atoms with Gasteiger partial charge >= 0.3 is 6.18 Å². The average Bonchev–Trinajstić information content (AvgIpc) is 2.25. The topological polar surface area (TPSA) is 46.2 Å². The first-order chi connectivity index (χ1) is 7.81. The molecule has 1 aromatic carbocycles. The van der Waals surface area contributed by atoms with Crippen molar-refractivity contribution in [3.8, 4) is 0 Å². The highest BCUT2D eigenvalue weighted by molar-refractivity contribution is 5.41. The Kier molecular flexibility index (Phi) is 4.03. The Balaban J connectivity index is 3.10. The number of halogens is 3. The molecule has 0 amide bonds. The van der Waals surface area contributed by atoms with Gasteiger partial charge in [0.2, 0.25) is 0 Å². The van der Waals surface area contributed by atoms with Gasteiger partial charge in [-0.2, -0.15) is 13.2 Å². The molecule has 1 rings (SSSR count). The first-order valence-electron chi connectivity index (χ1n) is 5.46. The normalized spacial score (nSPS) is 15.6. The number of rotatable bonds is 4. The third-order valence-electron chi connectivity index (χ3n) is 2.75. The molecule has 3 N–H and O–H groups in total. The minimum absolute atomic E-state index is 0.160. The summed E-state index contributed by atoms with van der Waals surface area (Å²) in [5.41, 5.74) is 2.84. The molecule has 2 nitrogen and oxygen atoms in total. The van der Waals surface area contributed by atoms with E-state index in [9.17, 15) is 18.3 Å². The lowest BCUT2D eigenvalue weighted by Crippen LogP contribution is -2.42. The Morgan fingerprint density at radius 1 is 1.18 bits per heavy atom. The fourth-order valence-corrected chi connectivity index (χ4v) is 1.64. The van der Waals surface area contributed by atoms with Crippen LogP contribution in [0.2, 0.25) is 0 Å². The number of hydrogen-bond acceptors (Lipinski definition) is 2. The van der Waals surface area contributed by atoms with Crippen molar-refractivity contribution in [3.63, 3.8) is 0 Å². The molecular formula is C12H16F3NO. The second kappa shape index (κ2) is 4.96. The molecule has 1 unspecified atom stereocenters. The molecule has 0 radical (unpaired) electrons. The van der Waals surface area contributed by atoms with Crippen LogP contribution in [0.3, 0.4) is 0 Å². The minimum Gasteiger partial charge on any atom is -0.399 e. The van der Waals surface area contributed by atoms with Crippen molar-refractivity contribution in [2.24, 2.45) is 0 Å². The van der Waals surface area contributed by atoms with Crippen molar-refractivity contribution in [3.05, 3.63) is 29.8 Å². The molecule has 5 heteroatoms. The van der Waals surface area contributed by atoms with Crippen LogP contribution >= 0.6 is 0 Å². The van der Waals surface area contributed by atoms with Crippen LogP contribution in [0.1, 0.15) is 31.7 Å². The van der Waals surface area contributed by atoms with E-state index in [-0.39, 0.29) is 12.0 Å². The Labute approximate surface area is 98.3 Å². The van der Waals surface area contributed by atoms with Crippen molar-refractivity contribution < 1.29 is 18.3 Å². The highest BCUT2D eigenvalue weighted by Crippen LogP contribution is 2.42. The molecule has 96 valence electrons. The monoisotopic (exact) mass is 247 g/mol. The van der Waals surface area contributed by atoms with E-state index < -0.39 is 11.8 Å². The van der Waals surface area contributed by atoms with Crippen LogP contribution in [0, 0.1) is 0 Å². The molecule has 0 fully saturated rings. The summed E-state index contributed by atoms with van der Waals surface area (Å²) in [7, 11) is 0. The van der Waals surface area contributed by atoms with Gasteiger partial charge in [-0.15, -0.1) is 0 Å². The van der Waals surface area contributed by atoms with Crippen molar-refractivity contribution in [2.75, 3.05) is 5.73 Å². The van der Waals surface area contributed by atoms with E-state index in [0.29, 0.717) is 18.5 Å². The van der Waals surface area contributed by atoms with Crippen LogP contribution in [0.15, 0.2) is 24.3 Å². The predicted octanol–water partition coefficient (Wildman–Crippen LogP) is 3.21. The van der Waals surface area contributed by atoms with Gasteiger partial charge in [0.25, 0.3) is 0 Å². The number of benzene rings is 1. The Morgan fingerprint density at radius 3 is 2.12 bits per heavy atom. The van der Waals surface area contributed by atoms with Gasteiger partial charge in [-0.1, -0.05) is 31.9 Å². The average molecular weight is 247 g/mol. The molecular weight excluding hydrogens is 231 g/mol. The summed E-state index contributed by atoms with van der Waals surface area (Å²) < 4.78 is 38.8. The fraction of sp³-hybridized carbons (Fsp3) is 0.500. The third kappa shape index (κ3) is 2.91. The molecule has 17 heavy (non-hydrogen) atoms. The molecule has 0 aliphatic carbocycles. The maximum atomic E-state index is 12.9. The smallest absolute Gasteiger partial charge is 0.399 e. The van der Waals surface area contributed by atoms with Crippen LogP contribution in [-0.2, 0) is 5.60 Å². The Morgan fingerprint density at radius 2 is 1.71 bits per heavy atom. The summed E-state index contributed by atoms with van der Waals surface area (Å²) in [6, 6.07) is 5.16. The lowest BCUT2D eigenvalue weighted by atomic mass is 9.88. The lowest BCUT2D eigenvalue weighted by molar-refractivity contribution is -0.269. The van der Waals surface area contributed by atoms with E-state index in [1.807, 2.05) is 0 Å². The number of anilines is 1. The van der Waals surface area contributed by atoms with Gasteiger partial charge in [0, 0.05) is 5.69 Å². The molecule has 0 aliphatic heterocycles. The Bertz CT molecular complexity index is 361. The standard InChI is InChI=1S/C12H16F3NO/c1-2-3-8-11(17,12(13,14)15)9-4-6-10(16)7-5-9/h4-7,17H,2-3,8,16H2,1H3. The number of aliphatic hydroxyl groups is 1. The molecule has 0 aliphatic rings. The van der Waals surface area contributed by atoms with Gasteiger partial charge in [0.15, 0.2) is 5.60 Å². The molecule has 0 saturated carbocycles. The SMILES string of the molecule is CCCCC(O)(c1ccc(N)cc1)C(F)(F)F. The summed E-state index contributed by atoms with van der Waals surface area (Å²) in [6.07, 6.45) is -4.12. The second-order valence-corrected chi connectivity index (χ2v) is 4.08. The van der Waals surface area contributed by atoms with Crippen LogP contribution in [-0.4, -0.2) is 11.3 Å². The molecule has 0 aromatic heterocycles. The molecule has 0 bridgehead atoms. The van der Waals surface area contributed by atoms with Crippen LogP contribution in [0.25, 0.3) is 0 Å². The molecule has 0 saturated heterocycles. The van der Waals surface area contributed by atoms with Gasteiger partial charge in [0.05, 0.1) is 0 Å². The van der Waals surface area contributed by atoms with Gasteiger partial charge in [0.1, 0.15) is 0 Å². The van der Waals surface area contributed by atoms with Crippen LogP contribution < -0.4 is 5.73 Å². The summed E-state index contributed by atoms with van der Waals surface area (Å²) in [5, 5.41) is 9.88. The highest BCUT2D eigenvalue weighted by atomic mass is 19.4. The zero-order valence-corrected chi connectivity index (χ0v) is 9.59. The third-order valence-corrected chi connectivity index (χ3v) is 2.75. The summed E-state index contributed by atoms with van der Waals surface area (Å²) in [4.78, 5) is 0. The van der Waals surface area contributed by atoms with E-state index in [0.717, 1.165) is 0 Å². The molecule has 0 heterocycles. The van der Waals surface area contributed by atoms with Crippen molar-refractivity contribution >= 4 is 5.69 Å². The van der Waals surface area contributed by atoms with Gasteiger partial charge in [-0.05, 0) is 24.1 Å². The lowest BCUT2D eigenvalue weighted by Gasteiger charge is -2.31. The predicted molar refractivity (Wildman–Crippen MR) is 60.3 cm³/mol. The van der Waals surface area contributed by atoms with E-state index in [2.05, 4.69) is 0 Å². The van der Waals surface area contributed by atoms with Gasteiger partial charge < -0.3 is 10.8 Å². The second-order valence-electron chi connectivity index (χ2n) is 4.08. The summed E-state index contributed by atoms with van der Waals surface area (Å²) >= 11 is 0. The quantitative estimate of drug-likeness (QED) is 0.802. The molecule has 1 atom stereocenters. The van der Waals surface area contributed by atoms with Gasteiger partial charge in [-0.3, -0.25) is 0 Å². The van der Waals surface area contributed by atoms with Gasteiger partial charge in [-0.25, -0.2) is 0 Å². The minimum atomic E-state index is -4.68. The first kappa shape index (κ1) is 13.8. The number of hydrogen-bond donors (Lipinski definition) is 2. The summed E-state index contributed by atoms with van der Waals surface area (Å²) in [5.74, 6) is 0. The van der Waals surface area contributed by atoms with E-state index in [1.54, 1.807) is 6.92 Å².